The van der Waals surface area contributed by atoms with E-state index in [9.17, 15) is 4.79 Å². The van der Waals surface area contributed by atoms with Crippen molar-refractivity contribution in [1.82, 2.24) is 14.8 Å². The van der Waals surface area contributed by atoms with Crippen LogP contribution in [0.3, 0.4) is 0 Å². The van der Waals surface area contributed by atoms with E-state index in [1.54, 1.807) is 16.4 Å². The van der Waals surface area contributed by atoms with E-state index in [-0.39, 0.29) is 5.91 Å². The van der Waals surface area contributed by atoms with Crippen molar-refractivity contribution in [3.8, 4) is 11.5 Å². The normalized spacial score (nSPS) is 14.2. The van der Waals surface area contributed by atoms with Gasteiger partial charge < -0.3 is 20.1 Å². The van der Waals surface area contributed by atoms with Crippen LogP contribution in [0.15, 0.2) is 81.6 Å². The molecule has 0 spiro atoms. The van der Waals surface area contributed by atoms with Crippen LogP contribution in [0.2, 0.25) is 0 Å². The van der Waals surface area contributed by atoms with Crippen LogP contribution >= 0.6 is 27.7 Å². The molecule has 0 aliphatic carbocycles. The summed E-state index contributed by atoms with van der Waals surface area (Å²) in [5.41, 5.74) is 6.09. The molecular weight excluding hydrogens is 626 g/mol. The quantitative estimate of drug-likeness (QED) is 0.157. The summed E-state index contributed by atoms with van der Waals surface area (Å²) in [6, 6.07) is 19.3. The first-order valence-electron chi connectivity index (χ1n) is 14.4. The van der Waals surface area contributed by atoms with Gasteiger partial charge in [0, 0.05) is 17.1 Å². The molecule has 5 rings (SSSR count). The summed E-state index contributed by atoms with van der Waals surface area (Å²) in [5.74, 6) is 2.44. The van der Waals surface area contributed by atoms with E-state index in [4.69, 9.17) is 19.6 Å². The number of ether oxygens (including phenoxy) is 2. The van der Waals surface area contributed by atoms with Gasteiger partial charge in [-0.3, -0.25) is 4.79 Å². The Balaban J connectivity index is 1.57. The zero-order valence-corrected chi connectivity index (χ0v) is 27.4. The van der Waals surface area contributed by atoms with Gasteiger partial charge in [-0.1, -0.05) is 55.1 Å². The highest BCUT2D eigenvalue weighted by Crippen LogP contribution is 2.43. The molecule has 1 aromatic heterocycles. The maximum Gasteiger partial charge on any atom is 0.255 e. The van der Waals surface area contributed by atoms with Gasteiger partial charge in [0.05, 0.1) is 16.7 Å². The summed E-state index contributed by atoms with van der Waals surface area (Å²) in [6.07, 6.45) is 1.00. The number of hydrogen-bond acceptors (Lipinski definition) is 7. The minimum absolute atomic E-state index is 0.224. The summed E-state index contributed by atoms with van der Waals surface area (Å²) < 4.78 is 14.9. The number of thioether (sulfide) groups is 1. The number of aryl methyl sites for hydroxylation is 2. The third kappa shape index (κ3) is 6.91. The number of amides is 1. The van der Waals surface area contributed by atoms with E-state index in [1.807, 2.05) is 69.3 Å². The van der Waals surface area contributed by atoms with E-state index < -0.39 is 6.04 Å². The zero-order valence-electron chi connectivity index (χ0n) is 25.0. The second kappa shape index (κ2) is 13.7. The van der Waals surface area contributed by atoms with Crippen molar-refractivity contribution in [2.75, 3.05) is 23.0 Å². The first kappa shape index (κ1) is 30.7. The standard InChI is InChI=1S/C33H36BrN5O3S/c1-6-15-43-33-37-32-35-22(5)28(31(40)36-25-14-10-11-20(3)16-25)29(39(32)38-33)24-17-26(34)30(27(18-24)41-7-2)42-19-23-13-9-8-12-21(23)4/h8-14,16-18,29H,6-7,15,19H2,1-5H3,(H,36,40)(H,35,37,38). The predicted octanol–water partition coefficient (Wildman–Crippen LogP) is 8.06. The Morgan fingerprint density at radius 3 is 2.63 bits per heavy atom. The number of anilines is 2. The molecule has 2 heterocycles. The SMILES string of the molecule is CCCSc1nc2n(n1)C(c1cc(Br)c(OCc3ccccc3C)c(OCC)c1)C(C(=O)Nc1cccc(C)c1)=C(C)N2. The Bertz CT molecular complexity index is 1670. The Hall–Kier alpha value is -3.76. The highest BCUT2D eigenvalue weighted by molar-refractivity contribution is 9.10. The maximum absolute atomic E-state index is 14.0. The maximum atomic E-state index is 14.0. The van der Waals surface area contributed by atoms with E-state index >= 15 is 0 Å². The number of hydrogen-bond donors (Lipinski definition) is 2. The summed E-state index contributed by atoms with van der Waals surface area (Å²) in [4.78, 5) is 18.7. The third-order valence-corrected chi connectivity index (χ3v) is 8.70. The van der Waals surface area contributed by atoms with Gasteiger partial charge >= 0.3 is 0 Å². The largest absolute Gasteiger partial charge is 0.490 e. The van der Waals surface area contributed by atoms with Gasteiger partial charge in [0.25, 0.3) is 5.91 Å². The minimum Gasteiger partial charge on any atom is -0.490 e. The van der Waals surface area contributed by atoms with Crippen molar-refractivity contribution in [2.24, 2.45) is 0 Å². The molecule has 43 heavy (non-hydrogen) atoms. The van der Waals surface area contributed by atoms with Crippen LogP contribution in [0.25, 0.3) is 0 Å². The van der Waals surface area contributed by atoms with Crippen molar-refractivity contribution >= 4 is 45.2 Å². The summed E-state index contributed by atoms with van der Waals surface area (Å²) >= 11 is 5.35. The van der Waals surface area contributed by atoms with E-state index in [0.29, 0.717) is 47.1 Å². The fourth-order valence-electron chi connectivity index (χ4n) is 4.98. The fourth-order valence-corrected chi connectivity index (χ4v) is 6.24. The molecule has 3 aromatic carbocycles. The van der Waals surface area contributed by atoms with Gasteiger partial charge in [0.1, 0.15) is 12.6 Å². The minimum atomic E-state index is -0.564. The molecule has 1 aliphatic heterocycles. The second-order valence-corrected chi connectivity index (χ2v) is 12.3. The zero-order chi connectivity index (χ0) is 30.5. The average molecular weight is 663 g/mol. The molecule has 0 radical (unpaired) electrons. The Labute approximate surface area is 265 Å². The molecule has 0 fully saturated rings. The molecule has 224 valence electrons. The van der Waals surface area contributed by atoms with E-state index in [1.165, 1.54) is 0 Å². The molecule has 1 amide bonds. The smallest absolute Gasteiger partial charge is 0.255 e. The van der Waals surface area contributed by atoms with Gasteiger partial charge in [0.15, 0.2) is 11.5 Å². The van der Waals surface area contributed by atoms with Gasteiger partial charge in [-0.15, -0.1) is 5.10 Å². The first-order valence-corrected chi connectivity index (χ1v) is 16.2. The van der Waals surface area contributed by atoms with Crippen LogP contribution in [0.5, 0.6) is 11.5 Å². The Kier molecular flexibility index (Phi) is 9.77. The van der Waals surface area contributed by atoms with Crippen molar-refractivity contribution < 1.29 is 14.3 Å². The molecule has 1 unspecified atom stereocenters. The van der Waals surface area contributed by atoms with Gasteiger partial charge in [0.2, 0.25) is 11.1 Å². The molecule has 0 saturated heterocycles. The van der Waals surface area contributed by atoms with Gasteiger partial charge in [-0.05, 0) is 96.6 Å². The van der Waals surface area contributed by atoms with E-state index in [0.717, 1.165) is 44.6 Å². The van der Waals surface area contributed by atoms with Gasteiger partial charge in [-0.2, -0.15) is 4.98 Å². The molecule has 8 nitrogen and oxygen atoms in total. The molecule has 0 bridgehead atoms. The number of allylic oxidation sites excluding steroid dienone is 1. The lowest BCUT2D eigenvalue weighted by Crippen LogP contribution is -2.31. The van der Waals surface area contributed by atoms with Crippen LogP contribution in [0, 0.1) is 13.8 Å². The average Bonchev–Trinajstić information content (AvgIpc) is 3.38. The van der Waals surface area contributed by atoms with Crippen LogP contribution < -0.4 is 20.1 Å². The lowest BCUT2D eigenvalue weighted by Gasteiger charge is -2.29. The molecule has 1 atom stereocenters. The number of carbonyl (C=O) groups is 1. The van der Waals surface area contributed by atoms with Crippen LogP contribution in [-0.4, -0.2) is 33.0 Å². The van der Waals surface area contributed by atoms with Crippen molar-refractivity contribution in [3.63, 3.8) is 0 Å². The number of nitrogens with one attached hydrogen (secondary N) is 2. The number of nitrogens with zero attached hydrogens (tertiary/aromatic N) is 3. The molecule has 2 N–H and O–H groups in total. The summed E-state index contributed by atoms with van der Waals surface area (Å²) in [7, 11) is 0. The van der Waals surface area contributed by atoms with E-state index in [2.05, 4.69) is 52.5 Å². The highest BCUT2D eigenvalue weighted by atomic mass is 79.9. The molecule has 1 aliphatic rings. The predicted molar refractivity (Wildman–Crippen MR) is 176 cm³/mol. The number of rotatable bonds is 11. The van der Waals surface area contributed by atoms with Crippen molar-refractivity contribution in [1.29, 1.82) is 0 Å². The number of fused-ring (bicyclic) bond motifs is 1. The molecule has 10 heteroatoms. The second-order valence-electron chi connectivity index (χ2n) is 10.4. The highest BCUT2D eigenvalue weighted by Gasteiger charge is 2.35. The Morgan fingerprint density at radius 2 is 1.88 bits per heavy atom. The first-order chi connectivity index (χ1) is 20.8. The molecule has 4 aromatic rings. The van der Waals surface area contributed by atoms with Crippen molar-refractivity contribution in [3.05, 3.63) is 98.7 Å². The van der Waals surface area contributed by atoms with Crippen LogP contribution in [0.1, 0.15) is 55.5 Å². The lowest BCUT2D eigenvalue weighted by atomic mass is 9.94. The summed E-state index contributed by atoms with van der Waals surface area (Å²) in [6.45, 7) is 10.9. The number of halogens is 1. The van der Waals surface area contributed by atoms with Crippen molar-refractivity contribution in [2.45, 2.75) is 58.8 Å². The van der Waals surface area contributed by atoms with Crippen LogP contribution in [0.4, 0.5) is 11.6 Å². The number of aromatic nitrogens is 3. The summed E-state index contributed by atoms with van der Waals surface area (Å²) in [5, 5.41) is 11.9. The monoisotopic (exact) mass is 661 g/mol. The third-order valence-electron chi connectivity index (χ3n) is 7.07. The topological polar surface area (TPSA) is 90.3 Å². The fraction of sp³-hybridized carbons (Fsp3) is 0.303. The molecule has 0 saturated carbocycles. The number of benzene rings is 3. The molecular formula is C33H36BrN5O3S. The Morgan fingerprint density at radius 1 is 1.07 bits per heavy atom. The van der Waals surface area contributed by atoms with Crippen LogP contribution in [-0.2, 0) is 11.4 Å². The lowest BCUT2D eigenvalue weighted by molar-refractivity contribution is -0.113. The number of carbonyl (C=O) groups excluding carboxylic acids is 1. The van der Waals surface area contributed by atoms with Gasteiger partial charge in [-0.25, -0.2) is 4.68 Å².